The third-order valence-corrected chi connectivity index (χ3v) is 6.52. The number of hydrogen-bond acceptors (Lipinski definition) is 5. The van der Waals surface area contributed by atoms with Crippen molar-refractivity contribution >= 4 is 43.5 Å². The zero-order valence-corrected chi connectivity index (χ0v) is 16.6. The molecule has 0 amide bonds. The first kappa shape index (κ1) is 19.6. The molecule has 29 heavy (non-hydrogen) atoms. The number of fused-ring (bicyclic) bond motifs is 2. The van der Waals surface area contributed by atoms with Gasteiger partial charge in [-0.15, -0.1) is 0 Å². The Hall–Kier alpha value is -2.66. The van der Waals surface area contributed by atoms with E-state index in [1.165, 1.54) is 24.6 Å². The molecule has 0 saturated heterocycles. The highest BCUT2D eigenvalue weighted by Crippen LogP contribution is 2.34. The Bertz CT molecular complexity index is 1380. The van der Waals surface area contributed by atoms with Crippen molar-refractivity contribution in [2.45, 2.75) is 18.1 Å². The average Bonchev–Trinajstić information content (AvgIpc) is 3.20. The van der Waals surface area contributed by atoms with Crippen LogP contribution in [-0.2, 0) is 23.1 Å². The SMILES string of the molecule is CCS(=O)(=O)c1c2c(Cl)cccc2nn1-c1nc2cc(C(F)(F)F)cnc2n1C. The Morgan fingerprint density at radius 3 is 2.59 bits per heavy atom. The van der Waals surface area contributed by atoms with E-state index < -0.39 is 21.6 Å². The highest BCUT2D eigenvalue weighted by Gasteiger charge is 2.32. The maximum atomic E-state index is 13.0. The van der Waals surface area contributed by atoms with Crippen molar-refractivity contribution in [1.82, 2.24) is 24.3 Å². The van der Waals surface area contributed by atoms with Gasteiger partial charge in [0.05, 0.1) is 27.2 Å². The summed E-state index contributed by atoms with van der Waals surface area (Å²) in [4.78, 5) is 8.02. The molecule has 4 rings (SSSR count). The minimum atomic E-state index is -4.58. The van der Waals surface area contributed by atoms with Gasteiger partial charge in [-0.1, -0.05) is 24.6 Å². The Morgan fingerprint density at radius 2 is 1.93 bits per heavy atom. The molecule has 0 aliphatic carbocycles. The van der Waals surface area contributed by atoms with Crippen LogP contribution in [-0.4, -0.2) is 38.5 Å². The summed E-state index contributed by atoms with van der Waals surface area (Å²) in [5.74, 6) is -0.217. The number of sulfone groups is 1. The standard InChI is InChI=1S/C17H13ClF3N5O2S/c1-3-29(27,28)15-13-10(18)5-4-6-11(13)24-26(15)16-23-12-7-9(17(19,20)21)8-22-14(12)25(16)2/h4-8H,3H2,1-2H3. The third kappa shape index (κ3) is 3.04. The van der Waals surface area contributed by atoms with Crippen LogP contribution < -0.4 is 0 Å². The zero-order valence-electron chi connectivity index (χ0n) is 15.1. The molecule has 0 saturated carbocycles. The van der Waals surface area contributed by atoms with E-state index in [9.17, 15) is 21.6 Å². The molecular weight excluding hydrogens is 431 g/mol. The van der Waals surface area contributed by atoms with E-state index >= 15 is 0 Å². The fraction of sp³-hybridized carbons (Fsp3) is 0.235. The largest absolute Gasteiger partial charge is 0.417 e. The third-order valence-electron chi connectivity index (χ3n) is 4.48. The molecule has 0 bridgehead atoms. The van der Waals surface area contributed by atoms with Crippen molar-refractivity contribution in [2.75, 3.05) is 5.75 Å². The summed E-state index contributed by atoms with van der Waals surface area (Å²) in [5, 5.41) is 4.55. The number of rotatable bonds is 3. The monoisotopic (exact) mass is 443 g/mol. The lowest BCUT2D eigenvalue weighted by Gasteiger charge is -2.07. The van der Waals surface area contributed by atoms with Crippen molar-refractivity contribution in [3.63, 3.8) is 0 Å². The van der Waals surface area contributed by atoms with Crippen molar-refractivity contribution in [2.24, 2.45) is 7.05 Å². The van der Waals surface area contributed by atoms with E-state index in [1.807, 2.05) is 0 Å². The molecule has 0 unspecified atom stereocenters. The van der Waals surface area contributed by atoms with Crippen LogP contribution in [0.1, 0.15) is 12.5 Å². The first-order valence-corrected chi connectivity index (χ1v) is 10.4. The molecule has 0 N–H and O–H groups in total. The molecule has 3 heterocycles. The fourth-order valence-electron chi connectivity index (χ4n) is 3.03. The minimum Gasteiger partial charge on any atom is -0.296 e. The lowest BCUT2D eigenvalue weighted by Crippen LogP contribution is -2.14. The van der Waals surface area contributed by atoms with Gasteiger partial charge >= 0.3 is 6.18 Å². The van der Waals surface area contributed by atoms with E-state index in [0.717, 1.165) is 10.7 Å². The van der Waals surface area contributed by atoms with Crippen LogP contribution >= 0.6 is 11.6 Å². The van der Waals surface area contributed by atoms with Crippen LogP contribution in [0, 0.1) is 0 Å². The normalized spacial score (nSPS) is 12.9. The molecular formula is C17H13ClF3N5O2S. The maximum absolute atomic E-state index is 13.0. The number of imidazole rings is 1. The van der Waals surface area contributed by atoms with Crippen molar-refractivity contribution < 1.29 is 21.6 Å². The van der Waals surface area contributed by atoms with Crippen LogP contribution in [0.15, 0.2) is 35.5 Å². The van der Waals surface area contributed by atoms with Crippen LogP contribution in [0.4, 0.5) is 13.2 Å². The highest BCUT2D eigenvalue weighted by atomic mass is 35.5. The smallest absolute Gasteiger partial charge is 0.296 e. The van der Waals surface area contributed by atoms with Gasteiger partial charge < -0.3 is 0 Å². The molecule has 12 heteroatoms. The number of hydrogen-bond donors (Lipinski definition) is 0. The molecule has 0 radical (unpaired) electrons. The molecule has 4 aromatic rings. The summed E-state index contributed by atoms with van der Waals surface area (Å²) < 4.78 is 67.1. The predicted molar refractivity (Wildman–Crippen MR) is 101 cm³/mol. The molecule has 1 aromatic carbocycles. The van der Waals surface area contributed by atoms with Crippen LogP contribution in [0.25, 0.3) is 28.0 Å². The van der Waals surface area contributed by atoms with Gasteiger partial charge in [0.2, 0.25) is 5.95 Å². The Labute approximate surface area is 167 Å². The molecule has 152 valence electrons. The summed E-state index contributed by atoms with van der Waals surface area (Å²) >= 11 is 6.23. The van der Waals surface area contributed by atoms with Crippen molar-refractivity contribution in [3.05, 3.63) is 41.0 Å². The molecule has 0 fully saturated rings. The second-order valence-corrected chi connectivity index (χ2v) is 8.89. The highest BCUT2D eigenvalue weighted by molar-refractivity contribution is 7.91. The number of aryl methyl sites for hydroxylation is 1. The van der Waals surface area contributed by atoms with Gasteiger partial charge in [0.25, 0.3) is 0 Å². The van der Waals surface area contributed by atoms with Crippen LogP contribution in [0.5, 0.6) is 0 Å². The predicted octanol–water partition coefficient (Wildman–Crippen LogP) is 3.77. The molecule has 0 aliphatic rings. The van der Waals surface area contributed by atoms with Crippen LogP contribution in [0.2, 0.25) is 5.02 Å². The molecule has 7 nitrogen and oxygen atoms in total. The maximum Gasteiger partial charge on any atom is 0.417 e. The van der Waals surface area contributed by atoms with E-state index in [-0.39, 0.29) is 38.3 Å². The quantitative estimate of drug-likeness (QED) is 0.481. The average molecular weight is 444 g/mol. The lowest BCUT2D eigenvalue weighted by molar-refractivity contribution is -0.137. The summed E-state index contributed by atoms with van der Waals surface area (Å²) in [7, 11) is -2.29. The summed E-state index contributed by atoms with van der Waals surface area (Å²) in [5.41, 5.74) is -0.522. The summed E-state index contributed by atoms with van der Waals surface area (Å²) in [6.45, 7) is 1.47. The number of pyridine rings is 1. The molecule has 3 aromatic heterocycles. The Balaban J connectivity index is 2.07. The van der Waals surface area contributed by atoms with Gasteiger partial charge in [-0.25, -0.2) is 18.4 Å². The zero-order chi connectivity index (χ0) is 21.1. The van der Waals surface area contributed by atoms with E-state index in [0.29, 0.717) is 11.7 Å². The number of halogens is 4. The van der Waals surface area contributed by atoms with Crippen molar-refractivity contribution in [3.8, 4) is 5.95 Å². The Morgan fingerprint density at radius 1 is 1.21 bits per heavy atom. The number of aromatic nitrogens is 5. The molecule has 0 atom stereocenters. The first-order valence-electron chi connectivity index (χ1n) is 8.34. The second-order valence-electron chi connectivity index (χ2n) is 6.29. The fourth-order valence-corrected chi connectivity index (χ4v) is 4.53. The van der Waals surface area contributed by atoms with Crippen molar-refractivity contribution in [1.29, 1.82) is 0 Å². The van der Waals surface area contributed by atoms with Gasteiger partial charge in [0.1, 0.15) is 5.52 Å². The van der Waals surface area contributed by atoms with E-state index in [2.05, 4.69) is 15.1 Å². The second kappa shape index (κ2) is 6.42. The Kier molecular flexibility index (Phi) is 4.35. The van der Waals surface area contributed by atoms with E-state index in [4.69, 9.17) is 11.6 Å². The molecule has 0 aliphatic heterocycles. The van der Waals surface area contributed by atoms with Gasteiger partial charge in [-0.2, -0.15) is 23.0 Å². The minimum absolute atomic E-state index is 0.00566. The summed E-state index contributed by atoms with van der Waals surface area (Å²) in [6.07, 6.45) is -3.88. The number of nitrogens with zero attached hydrogens (tertiary/aromatic N) is 5. The van der Waals surface area contributed by atoms with Gasteiger partial charge in [0, 0.05) is 13.2 Å². The first-order chi connectivity index (χ1) is 13.5. The molecule has 0 spiro atoms. The van der Waals surface area contributed by atoms with Gasteiger partial charge in [0.15, 0.2) is 20.5 Å². The number of alkyl halides is 3. The number of benzene rings is 1. The van der Waals surface area contributed by atoms with E-state index in [1.54, 1.807) is 12.1 Å². The van der Waals surface area contributed by atoms with Gasteiger partial charge in [-0.05, 0) is 18.2 Å². The lowest BCUT2D eigenvalue weighted by atomic mass is 10.2. The topological polar surface area (TPSA) is 82.7 Å². The van der Waals surface area contributed by atoms with Crippen LogP contribution in [0.3, 0.4) is 0 Å². The van der Waals surface area contributed by atoms with Gasteiger partial charge in [-0.3, -0.25) is 4.57 Å². The summed E-state index contributed by atoms with van der Waals surface area (Å²) in [6, 6.07) is 5.61.